The molecule has 0 unspecified atom stereocenters. The number of guanidine groups is 1. The molecule has 0 aliphatic carbocycles. The molecule has 1 aliphatic heterocycles. The number of nitrogens with two attached hydrogens (primary N) is 1. The van der Waals surface area contributed by atoms with Gasteiger partial charge in [-0.05, 0) is 18.6 Å². The Morgan fingerprint density at radius 3 is 2.46 bits per heavy atom. The van der Waals surface area contributed by atoms with Crippen LogP contribution in [0.2, 0.25) is 10.0 Å². The standard InChI is InChI=1S/C9H9Cl2N3.C7H14O2.CH3/c10-6-2-1-3-7(11)8(6)14-9-12-4-5-13-9;1-2-3-4-5-6-7(8)9;/h1-3H,4-5H2,(H2,12,13,14);2-6H2,1H3,(H,8,9);1H3/q;;-1/p+1. The third-order valence-electron chi connectivity index (χ3n) is 3.23. The maximum Gasteiger partial charge on any atom is 0.303 e. The van der Waals surface area contributed by atoms with Gasteiger partial charge in [0.1, 0.15) is 10.0 Å². The van der Waals surface area contributed by atoms with Crippen molar-refractivity contribution < 1.29 is 15.2 Å². The Balaban J connectivity index is 0.000000468. The molecule has 136 valence electrons. The van der Waals surface area contributed by atoms with Crippen LogP contribution in [0.25, 0.3) is 0 Å². The van der Waals surface area contributed by atoms with Crippen LogP contribution in [0.4, 0.5) is 5.69 Å². The summed E-state index contributed by atoms with van der Waals surface area (Å²) < 4.78 is 0. The van der Waals surface area contributed by atoms with E-state index < -0.39 is 5.97 Å². The maximum atomic E-state index is 9.96. The highest BCUT2D eigenvalue weighted by atomic mass is 35.5. The van der Waals surface area contributed by atoms with Crippen LogP contribution < -0.4 is 10.6 Å². The van der Waals surface area contributed by atoms with Gasteiger partial charge in [-0.15, -0.1) is 0 Å². The molecule has 0 aromatic heterocycles. The molecule has 0 fully saturated rings. The van der Waals surface area contributed by atoms with Crippen molar-refractivity contribution in [3.63, 3.8) is 0 Å². The van der Waals surface area contributed by atoms with Gasteiger partial charge < -0.3 is 17.8 Å². The number of nitrogens with zero attached hydrogens (tertiary/aromatic N) is 1. The van der Waals surface area contributed by atoms with E-state index in [9.17, 15) is 4.79 Å². The van der Waals surface area contributed by atoms with E-state index in [-0.39, 0.29) is 7.43 Å². The zero-order chi connectivity index (χ0) is 17.1. The van der Waals surface area contributed by atoms with Crippen LogP contribution in [0.1, 0.15) is 39.0 Å². The summed E-state index contributed by atoms with van der Waals surface area (Å²) in [5.74, 6) is 0.172. The summed E-state index contributed by atoms with van der Waals surface area (Å²) in [7, 11) is 0. The van der Waals surface area contributed by atoms with Crippen LogP contribution >= 0.6 is 23.2 Å². The van der Waals surface area contributed by atoms with Crippen molar-refractivity contribution in [2.75, 3.05) is 13.1 Å². The Bertz CT molecular complexity index is 516. The van der Waals surface area contributed by atoms with Gasteiger partial charge in [-0.25, -0.2) is 10.3 Å². The number of para-hydroxylation sites is 1. The number of carboxylic acid groups (broad SMARTS) is 1. The molecule has 1 aromatic carbocycles. The van der Waals surface area contributed by atoms with Crippen molar-refractivity contribution in [1.29, 1.82) is 0 Å². The predicted octanol–water partition coefficient (Wildman–Crippen LogP) is 3.64. The topological polar surface area (TPSA) is 78.3 Å². The Hall–Kier alpha value is -1.30. The first-order valence-corrected chi connectivity index (χ1v) is 8.59. The third-order valence-corrected chi connectivity index (χ3v) is 3.88. The summed E-state index contributed by atoms with van der Waals surface area (Å²) in [6, 6.07) is 5.45. The van der Waals surface area contributed by atoms with E-state index in [1.165, 1.54) is 6.42 Å². The van der Waals surface area contributed by atoms with E-state index in [2.05, 4.69) is 17.2 Å². The Kier molecular flexibility index (Phi) is 12.3. The van der Waals surface area contributed by atoms with Crippen LogP contribution in [0, 0.1) is 7.43 Å². The molecule has 0 radical (unpaired) electrons. The molecule has 0 atom stereocenters. The predicted molar refractivity (Wildman–Crippen MR) is 101 cm³/mol. The second-order valence-electron chi connectivity index (χ2n) is 5.18. The third kappa shape index (κ3) is 9.11. The fraction of sp³-hybridized carbons (Fsp3) is 0.471. The van der Waals surface area contributed by atoms with Gasteiger partial charge in [0.05, 0.1) is 6.54 Å². The van der Waals surface area contributed by atoms with Crippen LogP contribution in [0.5, 0.6) is 0 Å². The van der Waals surface area contributed by atoms with Crippen molar-refractivity contribution in [3.05, 3.63) is 35.7 Å². The van der Waals surface area contributed by atoms with Crippen molar-refractivity contribution in [2.45, 2.75) is 39.0 Å². The normalized spacial score (nSPS) is 12.4. The van der Waals surface area contributed by atoms with Crippen molar-refractivity contribution in [3.8, 4) is 0 Å². The average Bonchev–Trinajstić information content (AvgIpc) is 3.01. The summed E-state index contributed by atoms with van der Waals surface area (Å²) >= 11 is 12.0. The number of nitrogens with one attached hydrogen (secondary N) is 1. The number of halogens is 2. The van der Waals surface area contributed by atoms with E-state index in [0.29, 0.717) is 16.5 Å². The molecule has 7 heteroatoms. The van der Waals surface area contributed by atoms with Crippen molar-refractivity contribution in [1.82, 2.24) is 5.32 Å². The zero-order valence-corrected chi connectivity index (χ0v) is 15.8. The number of hydrogen-bond donors (Lipinski definition) is 3. The highest BCUT2D eigenvalue weighted by Crippen LogP contribution is 2.25. The first-order valence-electron chi connectivity index (χ1n) is 7.83. The zero-order valence-electron chi connectivity index (χ0n) is 14.3. The number of quaternary nitrogens is 1. The number of carbonyl (C=O) groups is 1. The van der Waals surface area contributed by atoms with Crippen molar-refractivity contribution in [2.24, 2.45) is 4.99 Å². The largest absolute Gasteiger partial charge is 0.481 e. The van der Waals surface area contributed by atoms with Gasteiger partial charge in [0, 0.05) is 13.0 Å². The highest BCUT2D eigenvalue weighted by molar-refractivity contribution is 6.38. The molecule has 0 amide bonds. The number of benzene rings is 1. The molecule has 0 saturated heterocycles. The van der Waals surface area contributed by atoms with Gasteiger partial charge in [-0.3, -0.25) is 4.79 Å². The monoisotopic (exact) mass is 375 g/mol. The number of hydrogen-bond acceptors (Lipinski definition) is 3. The second-order valence-corrected chi connectivity index (χ2v) is 5.99. The molecular weight excluding hydrogens is 349 g/mol. The number of carboxylic acids is 1. The van der Waals surface area contributed by atoms with Gasteiger partial charge in [-0.1, -0.05) is 55.5 Å². The Morgan fingerprint density at radius 2 is 1.96 bits per heavy atom. The first-order chi connectivity index (χ1) is 11.0. The summed E-state index contributed by atoms with van der Waals surface area (Å²) in [5, 5.41) is 14.5. The smallest absolute Gasteiger partial charge is 0.303 e. The molecular formula is C17H27Cl2N3O2. The van der Waals surface area contributed by atoms with Gasteiger partial charge in [0.15, 0.2) is 5.69 Å². The van der Waals surface area contributed by atoms with Crippen LogP contribution in [-0.4, -0.2) is 30.1 Å². The van der Waals surface area contributed by atoms with E-state index in [0.717, 1.165) is 44.0 Å². The number of rotatable bonds is 6. The number of unbranched alkanes of at least 4 members (excludes halogenated alkanes) is 3. The molecule has 0 spiro atoms. The molecule has 5 nitrogen and oxygen atoms in total. The molecule has 1 aliphatic rings. The fourth-order valence-electron chi connectivity index (χ4n) is 2.00. The van der Waals surface area contributed by atoms with E-state index in [1.807, 2.05) is 23.5 Å². The summed E-state index contributed by atoms with van der Waals surface area (Å²) in [6.07, 6.45) is 4.55. The van der Waals surface area contributed by atoms with Crippen LogP contribution in [0.3, 0.4) is 0 Å². The molecule has 1 aromatic rings. The number of aliphatic carboxylic acids is 1. The Labute approximate surface area is 154 Å². The summed E-state index contributed by atoms with van der Waals surface area (Å²) in [6.45, 7) is 3.81. The minimum absolute atomic E-state index is 0. The molecule has 2 rings (SSSR count). The van der Waals surface area contributed by atoms with Gasteiger partial charge in [0.25, 0.3) is 5.96 Å². The van der Waals surface area contributed by atoms with Crippen molar-refractivity contribution >= 4 is 40.8 Å². The van der Waals surface area contributed by atoms with E-state index >= 15 is 0 Å². The maximum absolute atomic E-state index is 9.96. The van der Waals surface area contributed by atoms with Crippen LogP contribution in [-0.2, 0) is 4.79 Å². The highest BCUT2D eigenvalue weighted by Gasteiger charge is 2.15. The number of aliphatic imine (C=N–C) groups is 1. The van der Waals surface area contributed by atoms with Gasteiger partial charge in [0.2, 0.25) is 0 Å². The molecule has 4 N–H and O–H groups in total. The molecule has 24 heavy (non-hydrogen) atoms. The summed E-state index contributed by atoms with van der Waals surface area (Å²) in [5.41, 5.74) is 0.823. The quantitative estimate of drug-likeness (QED) is 0.403. The molecule has 1 heterocycles. The fourth-order valence-corrected chi connectivity index (χ4v) is 2.51. The first kappa shape index (κ1) is 22.7. The van der Waals surface area contributed by atoms with E-state index in [4.69, 9.17) is 28.3 Å². The summed E-state index contributed by atoms with van der Waals surface area (Å²) in [4.78, 5) is 14.2. The van der Waals surface area contributed by atoms with Crippen LogP contribution in [0.15, 0.2) is 23.2 Å². The lowest BCUT2D eigenvalue weighted by Crippen LogP contribution is -2.85. The molecule has 0 bridgehead atoms. The Morgan fingerprint density at radius 1 is 1.29 bits per heavy atom. The van der Waals surface area contributed by atoms with Gasteiger partial charge >= 0.3 is 5.97 Å². The minimum atomic E-state index is -0.675. The lowest BCUT2D eigenvalue weighted by molar-refractivity contribution is -0.447. The lowest BCUT2D eigenvalue weighted by Gasteiger charge is -2.03. The lowest BCUT2D eigenvalue weighted by atomic mass is 10.2. The van der Waals surface area contributed by atoms with Gasteiger partial charge in [-0.2, -0.15) is 0 Å². The second kappa shape index (κ2) is 13.0. The minimum Gasteiger partial charge on any atom is -0.481 e. The SMILES string of the molecule is CCCCCCC(=O)O.Clc1cccc(Cl)c1[NH2+]C1=NCCN1.[CH3-]. The molecule has 0 saturated carbocycles. The average molecular weight is 376 g/mol. The van der Waals surface area contributed by atoms with E-state index in [1.54, 1.807) is 0 Å².